The van der Waals surface area contributed by atoms with Crippen molar-refractivity contribution in [1.82, 2.24) is 28.4 Å². The predicted molar refractivity (Wildman–Crippen MR) is 446 cm³/mol. The van der Waals surface area contributed by atoms with Crippen molar-refractivity contribution in [2.24, 2.45) is 0 Å². The molecule has 6 heterocycles. The normalized spacial score (nSPS) is 16.7. The van der Waals surface area contributed by atoms with E-state index in [2.05, 4.69) is 33.6 Å². The van der Waals surface area contributed by atoms with Crippen LogP contribution in [0.4, 0.5) is 31.5 Å². The molecule has 6 fully saturated rings. The first-order chi connectivity index (χ1) is 54.4. The number of hydrogen-bond donors (Lipinski definition) is 3. The molecule has 4 aliphatic heterocycles. The number of nitrogens with one attached hydrogen (secondary N) is 2. The summed E-state index contributed by atoms with van der Waals surface area (Å²) in [5.74, 6) is -2.38. The van der Waals surface area contributed by atoms with Gasteiger partial charge in [0.2, 0.25) is 43.7 Å². The Balaban J connectivity index is 0.000000223. The number of carbonyl (C=O) groups excluding carboxylic acids is 5. The van der Waals surface area contributed by atoms with Crippen molar-refractivity contribution < 1.29 is 73.7 Å². The molecule has 0 spiro atoms. The quantitative estimate of drug-likeness (QED) is 0.0336. The zero-order chi connectivity index (χ0) is 79.8. The number of halogens is 2. The summed E-state index contributed by atoms with van der Waals surface area (Å²) in [7, 11) is -5.32. The van der Waals surface area contributed by atoms with Gasteiger partial charge in [0.15, 0.2) is 0 Å². The van der Waals surface area contributed by atoms with E-state index >= 15 is 8.78 Å². The molecule has 3 N–H and O–H groups in total. The number of sulfonamides is 2. The standard InChI is InChI=1S/C43H50FN5O7S.C42H48FN5O7S.2CH4/c1-4-18-45-39(50)27-49-38-25-30(43(52)55-2)12-15-35(38)41(29-9-6-5-7-10-29)42(49)34-16-14-33(26-36(34)44)56-28-31-24-32(48-19-8-11-40(48)51)13-17-37(31)46-20-22-47(23-21-46)57(3,53)54;1-3-17-44-38(49)26-48-37-24-29(42(51)52)11-14-34(37)40(28-8-5-4-6-9-28)41(48)33-15-13-32(25-35(33)43)55-27-30-23-31(47-18-7-10-39(47)50)12-16-36(30)45-19-21-46(22-20-45)56(2,53)54;;/h4,12-17,24-26,29H,1,5-11,18-23,27-28H2,2-3H3,(H,45,50);3,11-16,23-25,28H,1,4-10,17-22,26-27H2,2H3,(H,44,49)(H,51,52);2*1H4. The third-order valence-corrected chi connectivity index (χ3v) is 25.2. The second-order valence-electron chi connectivity index (χ2n) is 29.9. The molecule has 24 nitrogen and oxygen atoms in total. The molecular weight excluding hydrogens is 1510 g/mol. The van der Waals surface area contributed by atoms with Crippen molar-refractivity contribution in [1.29, 1.82) is 0 Å². The molecule has 115 heavy (non-hydrogen) atoms. The number of esters is 1. The van der Waals surface area contributed by atoms with Crippen LogP contribution in [-0.4, -0.2) is 173 Å². The number of methoxy groups -OCH3 is 1. The monoisotopic (exact) mass is 1620 g/mol. The summed E-state index contributed by atoms with van der Waals surface area (Å²) in [6, 6.07) is 31.2. The summed E-state index contributed by atoms with van der Waals surface area (Å²) in [5.41, 5.74) is 9.98. The highest BCUT2D eigenvalue weighted by Crippen LogP contribution is 2.48. The SMILES string of the molecule is C.C.C=CCNC(=O)Cn1c(-c2ccc(OCc3cc(N4CCCC4=O)ccc3N3CCN(S(C)(=O)=O)CC3)cc2F)c(C2CCCCC2)c2ccc(C(=O)O)cc21.C=CCNC(=O)Cn1c(-c2ccc(OCc3cc(N4CCCC4=O)ccc3N3CCN(S(C)(=O)=O)CC3)cc2F)c(C2CCCCC2)c2ccc(C(=O)OC)cc21. The molecule has 0 bridgehead atoms. The Bertz CT molecular complexity index is 5210. The number of benzene rings is 6. The van der Waals surface area contributed by atoms with E-state index in [1.54, 1.807) is 81.1 Å². The molecule has 2 aliphatic carbocycles. The highest BCUT2D eigenvalue weighted by molar-refractivity contribution is 7.88. The Kier molecular flexibility index (Phi) is 27.8. The summed E-state index contributed by atoms with van der Waals surface area (Å²) in [4.78, 5) is 84.3. The Morgan fingerprint density at radius 2 is 0.913 bits per heavy atom. The van der Waals surface area contributed by atoms with Crippen molar-refractivity contribution >= 4 is 100 Å². The summed E-state index contributed by atoms with van der Waals surface area (Å²) in [6.07, 6.45) is 18.1. The number of carboxylic acid groups (broad SMARTS) is 1. The van der Waals surface area contributed by atoms with E-state index in [9.17, 15) is 50.7 Å². The van der Waals surface area contributed by atoms with Crippen LogP contribution < -0.4 is 39.7 Å². The van der Waals surface area contributed by atoms with Gasteiger partial charge in [-0.05, 0) is 146 Å². The van der Waals surface area contributed by atoms with Gasteiger partial charge in [0.1, 0.15) is 49.4 Å². The summed E-state index contributed by atoms with van der Waals surface area (Å²) in [5, 5.41) is 17.2. The maximum atomic E-state index is 16.7. The number of anilines is 4. The Morgan fingerprint density at radius 3 is 1.27 bits per heavy atom. The zero-order valence-electron chi connectivity index (χ0n) is 64.2. The van der Waals surface area contributed by atoms with Crippen LogP contribution in [0, 0.1) is 11.6 Å². The van der Waals surface area contributed by atoms with Crippen molar-refractivity contribution in [2.75, 3.05) is 118 Å². The predicted octanol–water partition coefficient (Wildman–Crippen LogP) is 13.9. The fourth-order valence-electron chi connectivity index (χ4n) is 17.0. The fraction of sp³-hybridized carbons (Fsp3) is 0.425. The van der Waals surface area contributed by atoms with Crippen LogP contribution in [0.3, 0.4) is 0 Å². The molecule has 28 heteroatoms. The largest absolute Gasteiger partial charge is 0.489 e. The van der Waals surface area contributed by atoms with Crippen molar-refractivity contribution in [2.45, 2.75) is 143 Å². The summed E-state index contributed by atoms with van der Waals surface area (Å²) >= 11 is 0. The van der Waals surface area contributed by atoms with Crippen LogP contribution in [0.25, 0.3) is 44.3 Å². The average Bonchev–Trinajstić information content (AvgIpc) is 1.59. The van der Waals surface area contributed by atoms with E-state index in [1.807, 2.05) is 47.0 Å². The van der Waals surface area contributed by atoms with E-state index in [1.165, 1.54) is 40.4 Å². The van der Waals surface area contributed by atoms with Crippen LogP contribution in [-0.2, 0) is 70.3 Å². The second kappa shape index (κ2) is 37.5. The molecule has 4 saturated heterocycles. The molecule has 0 atom stereocenters. The van der Waals surface area contributed by atoms with Gasteiger partial charge in [-0.1, -0.05) is 77.7 Å². The molecule has 2 saturated carbocycles. The third kappa shape index (κ3) is 19.3. The maximum Gasteiger partial charge on any atom is 0.337 e. The van der Waals surface area contributed by atoms with Gasteiger partial charge in [-0.2, -0.15) is 8.61 Å². The lowest BCUT2D eigenvalue weighted by Gasteiger charge is -2.36. The van der Waals surface area contributed by atoms with E-state index in [-0.39, 0.29) is 107 Å². The zero-order valence-corrected chi connectivity index (χ0v) is 65.9. The smallest absolute Gasteiger partial charge is 0.337 e. The van der Waals surface area contributed by atoms with Gasteiger partial charge in [-0.3, -0.25) is 19.2 Å². The van der Waals surface area contributed by atoms with Gasteiger partial charge in [0.05, 0.1) is 53.2 Å². The Labute approximate surface area is 672 Å². The number of nitrogens with zero attached hydrogens (tertiary/aromatic N) is 8. The number of amides is 4. The molecule has 614 valence electrons. The second-order valence-corrected chi connectivity index (χ2v) is 33.9. The molecule has 14 rings (SSSR count). The lowest BCUT2D eigenvalue weighted by molar-refractivity contribution is -0.122. The minimum Gasteiger partial charge on any atom is -0.489 e. The number of aromatic carboxylic acids is 1. The first-order valence-corrected chi connectivity index (χ1v) is 42.6. The van der Waals surface area contributed by atoms with E-state index in [0.717, 1.165) is 133 Å². The van der Waals surface area contributed by atoms with Gasteiger partial charge in [-0.15, -0.1) is 13.2 Å². The summed E-state index contributed by atoms with van der Waals surface area (Å²) < 4.78 is 106. The van der Waals surface area contributed by atoms with E-state index in [4.69, 9.17) is 14.2 Å². The number of fused-ring (bicyclic) bond motifs is 2. The van der Waals surface area contributed by atoms with Gasteiger partial charge >= 0.3 is 11.9 Å². The Morgan fingerprint density at radius 1 is 0.513 bits per heavy atom. The molecule has 0 radical (unpaired) electrons. The number of carboxylic acids is 1. The lowest BCUT2D eigenvalue weighted by Crippen LogP contribution is -2.48. The Hall–Kier alpha value is -10.4. The lowest BCUT2D eigenvalue weighted by atomic mass is 9.81. The minimum atomic E-state index is -3.32. The number of carbonyl (C=O) groups is 6. The fourth-order valence-corrected chi connectivity index (χ4v) is 18.6. The first kappa shape index (κ1) is 85.5. The first-order valence-electron chi connectivity index (χ1n) is 38.9. The van der Waals surface area contributed by atoms with E-state index in [0.29, 0.717) is 118 Å². The van der Waals surface area contributed by atoms with Crippen LogP contribution in [0.5, 0.6) is 11.5 Å². The van der Waals surface area contributed by atoms with Gasteiger partial charge in [0.25, 0.3) is 0 Å². The van der Waals surface area contributed by atoms with E-state index < -0.39 is 43.6 Å². The summed E-state index contributed by atoms with van der Waals surface area (Å²) in [6.45, 7) is 12.3. The molecule has 6 aromatic carbocycles. The van der Waals surface area contributed by atoms with Gasteiger partial charge in [-0.25, -0.2) is 35.2 Å². The van der Waals surface area contributed by atoms with Crippen LogP contribution in [0.2, 0.25) is 0 Å². The molecular formula is C87H106F2N10O14S2. The number of piperazine rings is 2. The van der Waals surface area contributed by atoms with Crippen LogP contribution >= 0.6 is 0 Å². The highest BCUT2D eigenvalue weighted by atomic mass is 32.2. The number of hydrogen-bond acceptors (Lipinski definition) is 15. The number of rotatable bonds is 26. The molecule has 8 aromatic rings. The minimum absolute atomic E-state index is 0. The van der Waals surface area contributed by atoms with Gasteiger partial charge < -0.3 is 58.7 Å². The van der Waals surface area contributed by atoms with Gasteiger partial charge in [0, 0.05) is 159 Å². The average molecular weight is 1620 g/mol. The molecule has 4 amide bonds. The van der Waals surface area contributed by atoms with Crippen LogP contribution in [0.15, 0.2) is 135 Å². The van der Waals surface area contributed by atoms with Crippen LogP contribution in [0.1, 0.15) is 160 Å². The molecule has 6 aliphatic rings. The van der Waals surface area contributed by atoms with Crippen molar-refractivity contribution in [3.8, 4) is 34.0 Å². The highest BCUT2D eigenvalue weighted by Gasteiger charge is 2.35. The molecule has 0 unspecified atom stereocenters. The topological polar surface area (TPSA) is 272 Å². The van der Waals surface area contributed by atoms with Crippen molar-refractivity contribution in [3.63, 3.8) is 0 Å². The van der Waals surface area contributed by atoms with Crippen molar-refractivity contribution in [3.05, 3.63) is 180 Å². The number of ether oxygens (including phenoxy) is 3. The number of aromatic nitrogens is 2. The molecule has 2 aromatic heterocycles. The maximum absolute atomic E-state index is 16.7. The third-order valence-electron chi connectivity index (χ3n) is 22.6.